The quantitative estimate of drug-likeness (QED) is 0.0320. The molecule has 0 aliphatic rings. The fourth-order valence-corrected chi connectivity index (χ4v) is 10.5. The van der Waals surface area contributed by atoms with Gasteiger partial charge in [0.25, 0.3) is 0 Å². The number of unbranched alkanes of at least 4 members (excludes halogenated alkanes) is 51. The topological polar surface area (TPSA) is 95.9 Å². The minimum atomic E-state index is -0.845. The van der Waals surface area contributed by atoms with Gasteiger partial charge in [0.05, 0.1) is 25.4 Å². The van der Waals surface area contributed by atoms with Crippen LogP contribution in [-0.4, -0.2) is 47.4 Å². The molecule has 0 aliphatic carbocycles. The molecule has 0 radical (unpaired) electrons. The smallest absolute Gasteiger partial charge is 0.305 e. The first-order valence-corrected chi connectivity index (χ1v) is 33.0. The number of hydrogen-bond donors (Lipinski definition) is 3. The minimum Gasteiger partial charge on any atom is -0.466 e. The van der Waals surface area contributed by atoms with Crippen LogP contribution in [-0.2, 0) is 14.3 Å². The first-order valence-electron chi connectivity index (χ1n) is 33.0. The Kier molecular flexibility index (Phi) is 60.9. The minimum absolute atomic E-state index is 0.0146. The van der Waals surface area contributed by atoms with Crippen LogP contribution in [0.2, 0.25) is 0 Å². The normalized spacial score (nSPS) is 12.6. The SMILES string of the molecule is CCCCCCCCCCCCCCCCCCCC/C=C/C(O)C(CO)NC(=O)CCCCCCCCCCCCCCCCCCCCCCCOC(=O)CCCCCCCCCCCCCCCC. The Morgan fingerprint density at radius 3 is 0.944 bits per heavy atom. The van der Waals surface area contributed by atoms with E-state index >= 15 is 0 Å². The number of amides is 1. The zero-order chi connectivity index (χ0) is 52.2. The molecule has 0 aromatic heterocycles. The molecule has 428 valence electrons. The number of carbonyl (C=O) groups is 2. The van der Waals surface area contributed by atoms with E-state index in [0.717, 1.165) is 38.5 Å². The molecule has 3 N–H and O–H groups in total. The molecular formula is C66H129NO5. The van der Waals surface area contributed by atoms with Gasteiger partial charge in [-0.15, -0.1) is 0 Å². The van der Waals surface area contributed by atoms with Crippen molar-refractivity contribution in [1.82, 2.24) is 5.32 Å². The van der Waals surface area contributed by atoms with Crippen LogP contribution in [0.1, 0.15) is 373 Å². The molecule has 1 amide bonds. The maximum absolute atomic E-state index is 12.5. The van der Waals surface area contributed by atoms with E-state index in [4.69, 9.17) is 4.74 Å². The van der Waals surface area contributed by atoms with Crippen LogP contribution in [0.25, 0.3) is 0 Å². The highest BCUT2D eigenvalue weighted by atomic mass is 16.5. The highest BCUT2D eigenvalue weighted by Crippen LogP contribution is 2.19. The van der Waals surface area contributed by atoms with Crippen LogP contribution < -0.4 is 5.32 Å². The molecular weight excluding hydrogens is 887 g/mol. The lowest BCUT2D eigenvalue weighted by atomic mass is 10.0. The fourth-order valence-electron chi connectivity index (χ4n) is 10.5. The van der Waals surface area contributed by atoms with Gasteiger partial charge in [-0.25, -0.2) is 0 Å². The van der Waals surface area contributed by atoms with E-state index in [0.29, 0.717) is 19.4 Å². The van der Waals surface area contributed by atoms with Crippen molar-refractivity contribution in [3.63, 3.8) is 0 Å². The molecule has 0 fully saturated rings. The molecule has 0 spiro atoms. The second kappa shape index (κ2) is 62.1. The zero-order valence-electron chi connectivity index (χ0n) is 48.9. The van der Waals surface area contributed by atoms with E-state index in [1.54, 1.807) is 6.08 Å². The number of hydrogen-bond acceptors (Lipinski definition) is 5. The van der Waals surface area contributed by atoms with Crippen molar-refractivity contribution in [3.05, 3.63) is 12.2 Å². The van der Waals surface area contributed by atoms with Crippen LogP contribution in [0, 0.1) is 0 Å². The van der Waals surface area contributed by atoms with Crippen molar-refractivity contribution in [2.75, 3.05) is 13.2 Å². The van der Waals surface area contributed by atoms with Crippen molar-refractivity contribution in [1.29, 1.82) is 0 Å². The Labute approximate surface area is 450 Å². The van der Waals surface area contributed by atoms with Crippen LogP contribution in [0.3, 0.4) is 0 Å². The summed E-state index contributed by atoms with van der Waals surface area (Å²) in [7, 11) is 0. The lowest BCUT2D eigenvalue weighted by molar-refractivity contribution is -0.143. The second-order valence-corrected chi connectivity index (χ2v) is 22.8. The number of aliphatic hydroxyl groups is 2. The van der Waals surface area contributed by atoms with Gasteiger partial charge in [-0.3, -0.25) is 9.59 Å². The molecule has 6 heteroatoms. The third-order valence-electron chi connectivity index (χ3n) is 15.6. The number of carbonyl (C=O) groups excluding carboxylic acids is 2. The summed E-state index contributed by atoms with van der Waals surface area (Å²) in [5.74, 6) is -0.0503. The highest BCUT2D eigenvalue weighted by molar-refractivity contribution is 5.76. The molecule has 0 bridgehead atoms. The summed E-state index contributed by atoms with van der Waals surface area (Å²) in [6.45, 7) is 4.94. The molecule has 0 aromatic rings. The van der Waals surface area contributed by atoms with Gasteiger partial charge in [0.15, 0.2) is 0 Å². The molecule has 0 aliphatic heterocycles. The molecule has 0 heterocycles. The Morgan fingerprint density at radius 2 is 0.639 bits per heavy atom. The molecule has 0 aromatic carbocycles. The van der Waals surface area contributed by atoms with E-state index in [1.807, 2.05) is 6.08 Å². The third kappa shape index (κ3) is 57.9. The molecule has 6 nitrogen and oxygen atoms in total. The van der Waals surface area contributed by atoms with Gasteiger partial charge in [-0.2, -0.15) is 0 Å². The Hall–Kier alpha value is -1.40. The van der Waals surface area contributed by atoms with E-state index < -0.39 is 12.1 Å². The summed E-state index contributed by atoms with van der Waals surface area (Å²) >= 11 is 0. The standard InChI is InChI=1S/C66H129NO5/c1-3-5-7-9-11-13-15-17-19-20-21-25-28-31-34-38-42-46-50-54-58-64(69)63(62-68)67-65(70)59-55-51-47-43-39-35-32-29-26-23-22-24-27-30-33-37-41-45-49-53-57-61-72-66(71)60-56-52-48-44-40-36-18-16-14-12-10-8-6-4-2/h54,58,63-64,68-69H,3-53,55-57,59-62H2,1-2H3,(H,67,70)/b58-54+. The van der Waals surface area contributed by atoms with Crippen LogP contribution in [0.15, 0.2) is 12.2 Å². The van der Waals surface area contributed by atoms with E-state index in [2.05, 4.69) is 19.2 Å². The number of aliphatic hydroxyl groups excluding tert-OH is 2. The molecule has 0 saturated carbocycles. The van der Waals surface area contributed by atoms with E-state index in [9.17, 15) is 19.8 Å². The molecule has 2 unspecified atom stereocenters. The lowest BCUT2D eigenvalue weighted by Gasteiger charge is -2.20. The van der Waals surface area contributed by atoms with Gasteiger partial charge < -0.3 is 20.3 Å². The summed E-state index contributed by atoms with van der Waals surface area (Å²) in [5, 5.41) is 23.2. The van der Waals surface area contributed by atoms with Crippen molar-refractivity contribution in [2.45, 2.75) is 386 Å². The van der Waals surface area contributed by atoms with Gasteiger partial charge in [0.1, 0.15) is 0 Å². The van der Waals surface area contributed by atoms with Crippen LogP contribution in [0.4, 0.5) is 0 Å². The van der Waals surface area contributed by atoms with Crippen molar-refractivity contribution in [3.8, 4) is 0 Å². The van der Waals surface area contributed by atoms with Gasteiger partial charge in [-0.1, -0.05) is 341 Å². The number of rotatable bonds is 62. The maximum Gasteiger partial charge on any atom is 0.305 e. The monoisotopic (exact) mass is 1020 g/mol. The first kappa shape index (κ1) is 70.6. The van der Waals surface area contributed by atoms with Gasteiger partial charge in [0, 0.05) is 12.8 Å². The van der Waals surface area contributed by atoms with Crippen LogP contribution in [0.5, 0.6) is 0 Å². The zero-order valence-corrected chi connectivity index (χ0v) is 48.9. The summed E-state index contributed by atoms with van der Waals surface area (Å²) < 4.78 is 5.49. The first-order chi connectivity index (χ1) is 35.5. The Balaban J connectivity index is 3.40. The van der Waals surface area contributed by atoms with Crippen LogP contribution >= 0.6 is 0 Å². The van der Waals surface area contributed by atoms with E-state index in [-0.39, 0.29) is 18.5 Å². The predicted molar refractivity (Wildman–Crippen MR) is 315 cm³/mol. The highest BCUT2D eigenvalue weighted by Gasteiger charge is 2.18. The predicted octanol–water partition coefficient (Wildman–Crippen LogP) is 20.8. The molecule has 72 heavy (non-hydrogen) atoms. The average Bonchev–Trinajstić information content (AvgIpc) is 3.38. The molecule has 0 saturated heterocycles. The molecule has 2 atom stereocenters. The number of allylic oxidation sites excluding steroid dienone is 1. The van der Waals surface area contributed by atoms with Crippen molar-refractivity contribution in [2.24, 2.45) is 0 Å². The van der Waals surface area contributed by atoms with Crippen molar-refractivity contribution >= 4 is 11.9 Å². The Bertz CT molecular complexity index is 1080. The fraction of sp³-hybridized carbons (Fsp3) is 0.939. The summed E-state index contributed by atoms with van der Waals surface area (Å²) in [6.07, 6.45) is 75.5. The second-order valence-electron chi connectivity index (χ2n) is 22.8. The molecule has 0 rings (SSSR count). The van der Waals surface area contributed by atoms with Crippen molar-refractivity contribution < 1.29 is 24.5 Å². The average molecular weight is 1020 g/mol. The number of esters is 1. The Morgan fingerprint density at radius 1 is 0.375 bits per heavy atom. The lowest BCUT2D eigenvalue weighted by Crippen LogP contribution is -2.45. The third-order valence-corrected chi connectivity index (χ3v) is 15.6. The number of nitrogens with one attached hydrogen (secondary N) is 1. The summed E-state index contributed by atoms with van der Waals surface area (Å²) in [6, 6.07) is -0.628. The summed E-state index contributed by atoms with van der Waals surface area (Å²) in [4.78, 5) is 24.6. The number of ether oxygens (including phenoxy) is 1. The maximum atomic E-state index is 12.5. The van der Waals surface area contributed by atoms with Gasteiger partial charge in [-0.05, 0) is 32.1 Å². The van der Waals surface area contributed by atoms with E-state index in [1.165, 1.54) is 308 Å². The largest absolute Gasteiger partial charge is 0.466 e. The summed E-state index contributed by atoms with van der Waals surface area (Å²) in [5.41, 5.74) is 0. The van der Waals surface area contributed by atoms with Gasteiger partial charge in [0.2, 0.25) is 5.91 Å². The van der Waals surface area contributed by atoms with Gasteiger partial charge >= 0.3 is 5.97 Å².